The van der Waals surface area contributed by atoms with E-state index in [4.69, 9.17) is 4.98 Å². The Labute approximate surface area is 208 Å². The zero-order chi connectivity index (χ0) is 24.4. The van der Waals surface area contributed by atoms with Gasteiger partial charge in [0.2, 0.25) is 11.1 Å². The summed E-state index contributed by atoms with van der Waals surface area (Å²) in [5, 5.41) is 16.5. The molecule has 178 valence electrons. The second-order valence-corrected chi connectivity index (χ2v) is 9.68. The van der Waals surface area contributed by atoms with Crippen LogP contribution in [0, 0.1) is 6.92 Å². The zero-order valence-electron chi connectivity index (χ0n) is 19.2. The number of aliphatic hydroxyl groups excluding tert-OH is 1. The number of thiazole rings is 1. The molecule has 1 saturated heterocycles. The summed E-state index contributed by atoms with van der Waals surface area (Å²) < 4.78 is 3.33. The average Bonchev–Trinajstić information content (AvgIpc) is 3.49. The lowest BCUT2D eigenvalue weighted by Crippen LogP contribution is -2.51. The highest BCUT2D eigenvalue weighted by Gasteiger charge is 2.25. The van der Waals surface area contributed by atoms with Crippen LogP contribution < -0.4 is 15.8 Å². The van der Waals surface area contributed by atoms with E-state index in [0.717, 1.165) is 27.8 Å². The normalized spacial score (nSPS) is 14.1. The predicted octanol–water partition coefficient (Wildman–Crippen LogP) is 3.27. The largest absolute Gasteiger partial charge is 0.389 e. The fourth-order valence-corrected chi connectivity index (χ4v) is 5.37. The molecule has 1 fully saturated rings. The molecule has 7 rings (SSSR count). The first-order valence-corrected chi connectivity index (χ1v) is 12.3. The number of benzene rings is 2. The van der Waals surface area contributed by atoms with Crippen LogP contribution in [0.3, 0.4) is 0 Å². The molecule has 0 radical (unpaired) electrons. The van der Waals surface area contributed by atoms with E-state index in [1.54, 1.807) is 10.9 Å². The van der Waals surface area contributed by atoms with Crippen molar-refractivity contribution in [2.24, 2.45) is 0 Å². The molecular weight excluding hydrogens is 476 g/mol. The van der Waals surface area contributed by atoms with Crippen LogP contribution in [-0.4, -0.2) is 53.4 Å². The topological polar surface area (TPSA) is 113 Å². The molecule has 0 spiro atoms. The number of nitrogens with zero attached hydrogens (tertiary/aromatic N) is 7. The zero-order valence-corrected chi connectivity index (χ0v) is 20.0. The summed E-state index contributed by atoms with van der Waals surface area (Å²) in [7, 11) is 0. The molecule has 0 aliphatic carbocycles. The van der Waals surface area contributed by atoms with Gasteiger partial charge >= 0.3 is 0 Å². The number of fused-ring (bicyclic) bond motifs is 4. The highest BCUT2D eigenvalue weighted by Crippen LogP contribution is 2.29. The van der Waals surface area contributed by atoms with Gasteiger partial charge in [0.1, 0.15) is 5.39 Å². The lowest BCUT2D eigenvalue weighted by Gasteiger charge is -2.38. The van der Waals surface area contributed by atoms with Crippen LogP contribution in [0.1, 0.15) is 5.56 Å². The average molecular weight is 497 g/mol. The monoisotopic (exact) mass is 496 g/mol. The number of anilines is 3. The van der Waals surface area contributed by atoms with E-state index in [9.17, 15) is 9.90 Å². The number of aliphatic hydroxyl groups is 1. The Morgan fingerprint density at radius 1 is 1.08 bits per heavy atom. The van der Waals surface area contributed by atoms with Crippen LogP contribution in [0.25, 0.3) is 32.7 Å². The molecule has 0 bridgehead atoms. The van der Waals surface area contributed by atoms with E-state index >= 15 is 0 Å². The van der Waals surface area contributed by atoms with Gasteiger partial charge in [-0.2, -0.15) is 9.50 Å². The first kappa shape index (κ1) is 21.0. The van der Waals surface area contributed by atoms with E-state index in [0.29, 0.717) is 40.8 Å². The number of aryl methyl sites for hydroxylation is 1. The molecule has 6 aromatic rings. The number of para-hydroxylation sites is 1. The van der Waals surface area contributed by atoms with E-state index in [2.05, 4.69) is 25.2 Å². The van der Waals surface area contributed by atoms with Crippen molar-refractivity contribution in [1.82, 2.24) is 29.1 Å². The molecule has 2 aromatic carbocycles. The molecule has 36 heavy (non-hydrogen) atoms. The van der Waals surface area contributed by atoms with Gasteiger partial charge in [-0.15, -0.1) is 11.3 Å². The quantitative estimate of drug-likeness (QED) is 0.382. The number of hydrogen-bond acceptors (Lipinski definition) is 9. The van der Waals surface area contributed by atoms with Crippen LogP contribution in [0.4, 0.5) is 17.3 Å². The number of nitrogens with one attached hydrogen (secondary N) is 1. The summed E-state index contributed by atoms with van der Waals surface area (Å²) in [6.07, 6.45) is 2.97. The van der Waals surface area contributed by atoms with Crippen molar-refractivity contribution in [3.05, 3.63) is 76.2 Å². The van der Waals surface area contributed by atoms with E-state index in [1.165, 1.54) is 22.0 Å². The smallest absolute Gasteiger partial charge is 0.284 e. The van der Waals surface area contributed by atoms with E-state index in [-0.39, 0.29) is 11.7 Å². The molecule has 0 amide bonds. The van der Waals surface area contributed by atoms with Gasteiger partial charge in [-0.05, 0) is 42.8 Å². The van der Waals surface area contributed by atoms with E-state index in [1.807, 2.05) is 54.8 Å². The third kappa shape index (κ3) is 3.17. The van der Waals surface area contributed by atoms with Gasteiger partial charge in [0.15, 0.2) is 11.3 Å². The molecular formula is C25H20N8O2S. The Morgan fingerprint density at radius 3 is 2.72 bits per heavy atom. The van der Waals surface area contributed by atoms with Gasteiger partial charge in [0, 0.05) is 47.6 Å². The molecule has 2 N–H and O–H groups in total. The second kappa shape index (κ2) is 7.83. The number of rotatable bonds is 4. The maximum atomic E-state index is 13.6. The third-order valence-electron chi connectivity index (χ3n) is 6.43. The first-order valence-electron chi connectivity index (χ1n) is 11.5. The van der Waals surface area contributed by atoms with Crippen LogP contribution in [-0.2, 0) is 0 Å². The third-order valence-corrected chi connectivity index (χ3v) is 7.18. The maximum Gasteiger partial charge on any atom is 0.284 e. The van der Waals surface area contributed by atoms with Crippen molar-refractivity contribution in [3.8, 4) is 5.13 Å². The first-order chi connectivity index (χ1) is 17.6. The minimum atomic E-state index is -0.259. The Balaban J connectivity index is 1.33. The predicted molar refractivity (Wildman–Crippen MR) is 140 cm³/mol. The molecule has 0 saturated carbocycles. The van der Waals surface area contributed by atoms with Gasteiger partial charge in [-0.25, -0.2) is 19.6 Å². The molecule has 10 nitrogen and oxygen atoms in total. The summed E-state index contributed by atoms with van der Waals surface area (Å²) in [5.41, 5.74) is 4.42. The number of β-amino-alcohol motifs (C(OH)–C–C–N with tert-alkyl or cyclic N) is 1. The molecule has 0 atom stereocenters. The Bertz CT molecular complexity index is 1840. The van der Waals surface area contributed by atoms with Gasteiger partial charge in [0.25, 0.3) is 5.56 Å². The molecule has 11 heteroatoms. The highest BCUT2D eigenvalue weighted by molar-refractivity contribution is 7.12. The number of hydrogen-bond donors (Lipinski definition) is 2. The summed E-state index contributed by atoms with van der Waals surface area (Å²) >= 11 is 1.44. The van der Waals surface area contributed by atoms with Gasteiger partial charge in [-0.3, -0.25) is 4.79 Å². The van der Waals surface area contributed by atoms with Crippen molar-refractivity contribution in [2.75, 3.05) is 23.3 Å². The lowest BCUT2D eigenvalue weighted by atomic mass is 10.1. The minimum absolute atomic E-state index is 0.258. The fourth-order valence-electron chi connectivity index (χ4n) is 4.72. The molecule has 5 heterocycles. The van der Waals surface area contributed by atoms with Crippen molar-refractivity contribution in [2.45, 2.75) is 13.0 Å². The minimum Gasteiger partial charge on any atom is -0.389 e. The Morgan fingerprint density at radius 2 is 1.94 bits per heavy atom. The summed E-state index contributed by atoms with van der Waals surface area (Å²) in [6, 6.07) is 13.7. The second-order valence-electron chi connectivity index (χ2n) is 8.81. The van der Waals surface area contributed by atoms with Gasteiger partial charge in [0.05, 0.1) is 11.6 Å². The Hall–Kier alpha value is -4.35. The van der Waals surface area contributed by atoms with Crippen molar-refractivity contribution in [3.63, 3.8) is 0 Å². The van der Waals surface area contributed by atoms with Crippen LogP contribution in [0.5, 0.6) is 0 Å². The van der Waals surface area contributed by atoms with Gasteiger partial charge in [-0.1, -0.05) is 12.1 Å². The molecule has 4 aromatic heterocycles. The van der Waals surface area contributed by atoms with E-state index < -0.39 is 0 Å². The van der Waals surface area contributed by atoms with Crippen molar-refractivity contribution < 1.29 is 5.11 Å². The molecule has 1 aliphatic heterocycles. The van der Waals surface area contributed by atoms with Gasteiger partial charge < -0.3 is 15.3 Å². The summed E-state index contributed by atoms with van der Waals surface area (Å²) in [6.45, 7) is 3.33. The SMILES string of the molecule is Cc1cc(Nc2ncc3c(=O)n4c(nc3n2)c2ccccc2n4-c2nccs2)ccc1N1CC(O)C1. The van der Waals surface area contributed by atoms with Crippen LogP contribution in [0.2, 0.25) is 0 Å². The fraction of sp³-hybridized carbons (Fsp3) is 0.160. The summed E-state index contributed by atoms with van der Waals surface area (Å²) in [4.78, 5) is 33.9. The standard InChI is InChI=1S/C25H20N8O2S/c1-14-10-15(6-7-19(14)31-12-16(34)13-31)28-24-27-11-18-21(30-24)29-22-17-4-2-3-5-20(17)32(33(22)23(18)35)25-26-8-9-36-25/h2-11,16,34H,12-13H2,1H3,(H,27,28,30). The summed E-state index contributed by atoms with van der Waals surface area (Å²) in [5.74, 6) is 0.355. The molecule has 0 unspecified atom stereocenters. The maximum absolute atomic E-state index is 13.6. The van der Waals surface area contributed by atoms with Crippen molar-refractivity contribution >= 4 is 56.2 Å². The number of aromatic nitrogens is 6. The van der Waals surface area contributed by atoms with Crippen LogP contribution in [0.15, 0.2) is 65.0 Å². The van der Waals surface area contributed by atoms with Crippen molar-refractivity contribution in [1.29, 1.82) is 0 Å². The Kier molecular flexibility index (Phi) is 4.56. The molecule has 1 aliphatic rings. The van der Waals surface area contributed by atoms with Crippen LogP contribution >= 0.6 is 11.3 Å². The lowest BCUT2D eigenvalue weighted by molar-refractivity contribution is 0.142. The highest BCUT2D eigenvalue weighted by atomic mass is 32.1.